The molecule has 1 aromatic rings. The standard InChI is InChI=1S/C15H19NO4/c1-10-13(7-9-20-10)14(17)16-8-6-11-2-4-12(5-3-11)15(18)19/h2-5,10,13H,6-9H2,1H3,(H,16,17)(H,18,19). The minimum atomic E-state index is -0.930. The average Bonchev–Trinajstić information content (AvgIpc) is 2.85. The summed E-state index contributed by atoms with van der Waals surface area (Å²) >= 11 is 0. The van der Waals surface area contributed by atoms with Crippen molar-refractivity contribution in [3.8, 4) is 0 Å². The van der Waals surface area contributed by atoms with Crippen LogP contribution >= 0.6 is 0 Å². The lowest BCUT2D eigenvalue weighted by Gasteiger charge is -2.14. The van der Waals surface area contributed by atoms with Crippen LogP contribution in [-0.4, -0.2) is 36.2 Å². The van der Waals surface area contributed by atoms with Gasteiger partial charge in [-0.1, -0.05) is 12.1 Å². The third kappa shape index (κ3) is 3.57. The van der Waals surface area contributed by atoms with E-state index in [0.717, 1.165) is 12.0 Å². The van der Waals surface area contributed by atoms with Crippen LogP contribution in [0.15, 0.2) is 24.3 Å². The van der Waals surface area contributed by atoms with Crippen molar-refractivity contribution >= 4 is 11.9 Å². The van der Waals surface area contributed by atoms with E-state index in [-0.39, 0.29) is 23.5 Å². The summed E-state index contributed by atoms with van der Waals surface area (Å²) in [6.07, 6.45) is 1.46. The summed E-state index contributed by atoms with van der Waals surface area (Å²) in [4.78, 5) is 22.6. The fraction of sp³-hybridized carbons (Fsp3) is 0.467. The molecular weight excluding hydrogens is 258 g/mol. The van der Waals surface area contributed by atoms with Gasteiger partial charge in [0.2, 0.25) is 5.91 Å². The van der Waals surface area contributed by atoms with Gasteiger partial charge in [0.05, 0.1) is 17.6 Å². The van der Waals surface area contributed by atoms with E-state index in [1.54, 1.807) is 24.3 Å². The Bertz CT molecular complexity index is 483. The van der Waals surface area contributed by atoms with Gasteiger partial charge in [-0.25, -0.2) is 4.79 Å². The number of hydrogen-bond acceptors (Lipinski definition) is 3. The van der Waals surface area contributed by atoms with E-state index in [9.17, 15) is 9.59 Å². The second kappa shape index (κ2) is 6.52. The Labute approximate surface area is 117 Å². The maximum Gasteiger partial charge on any atom is 0.335 e. The molecule has 0 spiro atoms. The first-order chi connectivity index (χ1) is 9.58. The van der Waals surface area contributed by atoms with Crippen molar-refractivity contribution in [1.82, 2.24) is 5.32 Å². The third-order valence-electron chi connectivity index (χ3n) is 3.63. The molecule has 1 amide bonds. The first kappa shape index (κ1) is 14.5. The zero-order valence-corrected chi connectivity index (χ0v) is 11.5. The molecule has 5 heteroatoms. The second-order valence-corrected chi connectivity index (χ2v) is 5.01. The van der Waals surface area contributed by atoms with Crippen molar-refractivity contribution in [2.45, 2.75) is 25.9 Å². The molecule has 1 saturated heterocycles. The molecule has 0 saturated carbocycles. The van der Waals surface area contributed by atoms with Crippen molar-refractivity contribution in [3.05, 3.63) is 35.4 Å². The van der Waals surface area contributed by atoms with Gasteiger partial charge in [-0.15, -0.1) is 0 Å². The summed E-state index contributed by atoms with van der Waals surface area (Å²) in [6.45, 7) is 3.12. The van der Waals surface area contributed by atoms with E-state index in [1.807, 2.05) is 6.92 Å². The number of aromatic carboxylic acids is 1. The molecule has 2 rings (SSSR count). The SMILES string of the molecule is CC1OCCC1C(=O)NCCc1ccc(C(=O)O)cc1. The van der Waals surface area contributed by atoms with E-state index >= 15 is 0 Å². The zero-order chi connectivity index (χ0) is 14.5. The first-order valence-electron chi connectivity index (χ1n) is 6.79. The maximum atomic E-state index is 11.9. The predicted octanol–water partition coefficient (Wildman–Crippen LogP) is 1.47. The molecule has 2 N–H and O–H groups in total. The van der Waals surface area contributed by atoms with E-state index in [0.29, 0.717) is 19.6 Å². The maximum absolute atomic E-state index is 11.9. The van der Waals surface area contributed by atoms with E-state index in [2.05, 4.69) is 5.32 Å². The van der Waals surface area contributed by atoms with Gasteiger partial charge in [0.1, 0.15) is 0 Å². The van der Waals surface area contributed by atoms with Gasteiger partial charge in [0, 0.05) is 13.2 Å². The van der Waals surface area contributed by atoms with Gasteiger partial charge in [0.25, 0.3) is 0 Å². The molecule has 2 atom stereocenters. The number of ether oxygens (including phenoxy) is 1. The minimum Gasteiger partial charge on any atom is -0.478 e. The summed E-state index contributed by atoms with van der Waals surface area (Å²) in [6, 6.07) is 6.70. The van der Waals surface area contributed by atoms with Crippen molar-refractivity contribution in [2.75, 3.05) is 13.2 Å². The van der Waals surface area contributed by atoms with Crippen molar-refractivity contribution in [3.63, 3.8) is 0 Å². The molecule has 0 aromatic heterocycles. The number of rotatable bonds is 5. The fourth-order valence-corrected chi connectivity index (χ4v) is 2.35. The lowest BCUT2D eigenvalue weighted by molar-refractivity contribution is -0.126. The molecule has 0 bridgehead atoms. The summed E-state index contributed by atoms with van der Waals surface area (Å²) in [7, 11) is 0. The van der Waals surface area contributed by atoms with Crippen molar-refractivity contribution < 1.29 is 19.4 Å². The van der Waals surface area contributed by atoms with E-state index in [1.165, 1.54) is 0 Å². The highest BCUT2D eigenvalue weighted by atomic mass is 16.5. The van der Waals surface area contributed by atoms with Crippen LogP contribution in [0, 0.1) is 5.92 Å². The van der Waals surface area contributed by atoms with Gasteiger partial charge in [0.15, 0.2) is 0 Å². The van der Waals surface area contributed by atoms with Crippen LogP contribution in [0.4, 0.5) is 0 Å². The van der Waals surface area contributed by atoms with Gasteiger partial charge >= 0.3 is 5.97 Å². The number of carbonyl (C=O) groups excluding carboxylic acids is 1. The lowest BCUT2D eigenvalue weighted by atomic mass is 10.0. The number of nitrogens with one attached hydrogen (secondary N) is 1. The molecule has 0 radical (unpaired) electrons. The number of carbonyl (C=O) groups is 2. The van der Waals surface area contributed by atoms with Crippen LogP contribution in [0.5, 0.6) is 0 Å². The first-order valence-corrected chi connectivity index (χ1v) is 6.79. The average molecular weight is 277 g/mol. The zero-order valence-electron chi connectivity index (χ0n) is 11.5. The molecular formula is C15H19NO4. The smallest absolute Gasteiger partial charge is 0.335 e. The largest absolute Gasteiger partial charge is 0.478 e. The fourth-order valence-electron chi connectivity index (χ4n) is 2.35. The lowest BCUT2D eigenvalue weighted by Crippen LogP contribution is -2.35. The van der Waals surface area contributed by atoms with Crippen LogP contribution in [0.1, 0.15) is 29.3 Å². The number of carboxylic acids is 1. The normalized spacial score (nSPS) is 21.6. The molecule has 2 unspecified atom stereocenters. The highest BCUT2D eigenvalue weighted by Gasteiger charge is 2.30. The molecule has 20 heavy (non-hydrogen) atoms. The van der Waals surface area contributed by atoms with E-state index < -0.39 is 5.97 Å². The molecule has 108 valence electrons. The Morgan fingerprint density at radius 1 is 1.35 bits per heavy atom. The monoisotopic (exact) mass is 277 g/mol. The molecule has 1 heterocycles. The molecule has 0 aliphatic carbocycles. The summed E-state index contributed by atoms with van der Waals surface area (Å²) < 4.78 is 5.37. The van der Waals surface area contributed by atoms with Crippen LogP contribution in [-0.2, 0) is 16.0 Å². The van der Waals surface area contributed by atoms with Gasteiger partial charge in [-0.3, -0.25) is 4.79 Å². The Balaban J connectivity index is 1.78. The van der Waals surface area contributed by atoms with Crippen LogP contribution in [0.3, 0.4) is 0 Å². The Morgan fingerprint density at radius 3 is 2.60 bits per heavy atom. The number of hydrogen-bond donors (Lipinski definition) is 2. The Hall–Kier alpha value is -1.88. The topological polar surface area (TPSA) is 75.6 Å². The Morgan fingerprint density at radius 2 is 2.05 bits per heavy atom. The summed E-state index contributed by atoms with van der Waals surface area (Å²) in [5.74, 6) is -0.943. The van der Waals surface area contributed by atoms with Crippen molar-refractivity contribution in [2.24, 2.45) is 5.92 Å². The predicted molar refractivity (Wildman–Crippen MR) is 73.6 cm³/mol. The second-order valence-electron chi connectivity index (χ2n) is 5.01. The molecule has 1 aromatic carbocycles. The highest BCUT2D eigenvalue weighted by Crippen LogP contribution is 2.20. The number of benzene rings is 1. The Kier molecular flexibility index (Phi) is 4.74. The van der Waals surface area contributed by atoms with Crippen LogP contribution in [0.2, 0.25) is 0 Å². The highest BCUT2D eigenvalue weighted by molar-refractivity contribution is 5.87. The molecule has 1 aliphatic heterocycles. The molecule has 1 fully saturated rings. The molecule has 1 aliphatic rings. The van der Waals surface area contributed by atoms with E-state index in [4.69, 9.17) is 9.84 Å². The number of carboxylic acid groups (broad SMARTS) is 1. The quantitative estimate of drug-likeness (QED) is 0.854. The summed E-state index contributed by atoms with van der Waals surface area (Å²) in [5, 5.41) is 11.7. The molecule has 5 nitrogen and oxygen atoms in total. The van der Waals surface area contributed by atoms with Gasteiger partial charge < -0.3 is 15.2 Å². The van der Waals surface area contributed by atoms with Gasteiger partial charge in [-0.05, 0) is 37.5 Å². The number of amides is 1. The summed E-state index contributed by atoms with van der Waals surface area (Å²) in [5.41, 5.74) is 1.28. The third-order valence-corrected chi connectivity index (χ3v) is 3.63. The van der Waals surface area contributed by atoms with Gasteiger partial charge in [-0.2, -0.15) is 0 Å². The van der Waals surface area contributed by atoms with Crippen molar-refractivity contribution in [1.29, 1.82) is 0 Å². The minimum absolute atomic E-state index is 0.00940. The van der Waals surface area contributed by atoms with Crippen LogP contribution in [0.25, 0.3) is 0 Å². The van der Waals surface area contributed by atoms with Crippen LogP contribution < -0.4 is 5.32 Å².